The summed E-state index contributed by atoms with van der Waals surface area (Å²) in [4.78, 5) is 30.3. The van der Waals surface area contributed by atoms with Gasteiger partial charge in [0.05, 0.1) is 27.8 Å². The standard InChI is InChI=1S/C37H32ClF2N3O4.ClH/c38-25-11-8-22(9-12-25)29-20-31(40)34(42-16-4-7-35(42)44)18-24(29)21-47-27-13-14-28(30(39)19-27)36-41-32-17-23(37(45)46)10-15-33(32)43(36)26-5-2-1-3-6-26;/h8-15,17-20,26H,1-7,16,21H2,(H,45,46);1H. The van der Waals surface area contributed by atoms with Crippen molar-refractivity contribution in [2.45, 2.75) is 57.6 Å². The van der Waals surface area contributed by atoms with Crippen molar-refractivity contribution in [3.8, 4) is 28.3 Å². The number of imidazole rings is 1. The third-order valence-electron chi connectivity index (χ3n) is 9.14. The number of aromatic nitrogens is 2. The molecule has 0 bridgehead atoms. The van der Waals surface area contributed by atoms with Crippen LogP contribution in [0, 0.1) is 11.6 Å². The van der Waals surface area contributed by atoms with Crippen molar-refractivity contribution < 1.29 is 28.2 Å². The lowest BCUT2D eigenvalue weighted by atomic mass is 9.94. The molecule has 1 saturated heterocycles. The molecular weight excluding hydrogens is 659 g/mol. The fraction of sp³-hybridized carbons (Fsp3) is 0.270. The van der Waals surface area contributed by atoms with Crippen LogP contribution in [0.5, 0.6) is 5.75 Å². The van der Waals surface area contributed by atoms with Gasteiger partial charge >= 0.3 is 5.97 Å². The highest BCUT2D eigenvalue weighted by molar-refractivity contribution is 6.30. The molecule has 1 saturated carbocycles. The maximum atomic E-state index is 16.0. The number of benzene rings is 4. The maximum absolute atomic E-state index is 16.0. The number of rotatable bonds is 8. The number of amides is 1. The van der Waals surface area contributed by atoms with Crippen molar-refractivity contribution in [1.29, 1.82) is 0 Å². The Kier molecular flexibility index (Phi) is 9.71. The molecule has 2 aliphatic rings. The smallest absolute Gasteiger partial charge is 0.335 e. The lowest BCUT2D eigenvalue weighted by Crippen LogP contribution is -2.25. The molecule has 2 fully saturated rings. The molecule has 0 spiro atoms. The van der Waals surface area contributed by atoms with Crippen LogP contribution in [-0.4, -0.2) is 33.1 Å². The Morgan fingerprint density at radius 3 is 2.38 bits per heavy atom. The highest BCUT2D eigenvalue weighted by Crippen LogP contribution is 2.38. The number of aromatic carboxylic acids is 1. The molecule has 1 aliphatic carbocycles. The first-order chi connectivity index (χ1) is 22.8. The fourth-order valence-corrected chi connectivity index (χ4v) is 6.92. The molecule has 0 radical (unpaired) electrons. The van der Waals surface area contributed by atoms with E-state index < -0.39 is 17.6 Å². The summed E-state index contributed by atoms with van der Waals surface area (Å²) >= 11 is 6.10. The molecular formula is C37H33Cl2F2N3O4. The van der Waals surface area contributed by atoms with Gasteiger partial charge in [0.15, 0.2) is 0 Å². The van der Waals surface area contributed by atoms with E-state index in [9.17, 15) is 14.7 Å². The third-order valence-corrected chi connectivity index (χ3v) is 9.40. The van der Waals surface area contributed by atoms with Gasteiger partial charge in [-0.3, -0.25) is 4.79 Å². The predicted octanol–water partition coefficient (Wildman–Crippen LogP) is 9.63. The Morgan fingerprint density at radius 2 is 1.69 bits per heavy atom. The topological polar surface area (TPSA) is 84.7 Å². The number of carboxylic acid groups (broad SMARTS) is 1. The summed E-state index contributed by atoms with van der Waals surface area (Å²) in [7, 11) is 0. The van der Waals surface area contributed by atoms with Crippen molar-refractivity contribution in [3.05, 3.63) is 101 Å². The molecule has 2 heterocycles. The van der Waals surface area contributed by atoms with E-state index in [-0.39, 0.29) is 53.5 Å². The first-order valence-corrected chi connectivity index (χ1v) is 16.2. The Balaban J connectivity index is 0.00000401. The Hall–Kier alpha value is -4.47. The number of anilines is 1. The van der Waals surface area contributed by atoms with E-state index in [4.69, 9.17) is 21.3 Å². The van der Waals surface area contributed by atoms with Gasteiger partial charge in [0.25, 0.3) is 0 Å². The van der Waals surface area contributed by atoms with E-state index in [1.165, 1.54) is 23.1 Å². The molecule has 1 amide bonds. The van der Waals surface area contributed by atoms with Gasteiger partial charge in [0.2, 0.25) is 5.91 Å². The first-order valence-electron chi connectivity index (χ1n) is 15.8. The monoisotopic (exact) mass is 691 g/mol. The average molecular weight is 693 g/mol. The minimum atomic E-state index is -1.05. The summed E-state index contributed by atoms with van der Waals surface area (Å²) in [6, 6.07) is 19.6. The van der Waals surface area contributed by atoms with E-state index in [0.29, 0.717) is 46.9 Å². The second-order valence-electron chi connectivity index (χ2n) is 12.2. The molecule has 7 nitrogen and oxygen atoms in total. The largest absolute Gasteiger partial charge is 0.489 e. The van der Waals surface area contributed by atoms with Crippen LogP contribution in [0.15, 0.2) is 72.8 Å². The number of fused-ring (bicyclic) bond motifs is 1. The van der Waals surface area contributed by atoms with Gasteiger partial charge in [-0.05, 0) is 90.6 Å². The summed E-state index contributed by atoms with van der Waals surface area (Å²) in [5.74, 6) is -1.51. The summed E-state index contributed by atoms with van der Waals surface area (Å²) in [5.41, 5.74) is 3.80. The highest BCUT2D eigenvalue weighted by Gasteiger charge is 2.27. The molecule has 248 valence electrons. The molecule has 1 aromatic heterocycles. The number of carbonyl (C=O) groups excluding carboxylic acids is 1. The molecule has 4 aromatic carbocycles. The normalized spacial score (nSPS) is 15.1. The van der Waals surface area contributed by atoms with Gasteiger partial charge in [0.1, 0.15) is 29.8 Å². The number of carboxylic acids is 1. The Bertz CT molecular complexity index is 2010. The molecule has 7 rings (SSSR count). The zero-order valence-corrected chi connectivity index (χ0v) is 27.5. The number of hydrogen-bond donors (Lipinski definition) is 1. The van der Waals surface area contributed by atoms with Crippen molar-refractivity contribution >= 4 is 52.6 Å². The number of nitrogens with zero attached hydrogens (tertiary/aromatic N) is 3. The molecule has 1 N–H and O–H groups in total. The average Bonchev–Trinajstić information content (AvgIpc) is 3.67. The van der Waals surface area contributed by atoms with Crippen LogP contribution in [0.1, 0.15) is 66.9 Å². The number of hydrogen-bond acceptors (Lipinski definition) is 4. The van der Waals surface area contributed by atoms with Crippen LogP contribution >= 0.6 is 24.0 Å². The lowest BCUT2D eigenvalue weighted by molar-refractivity contribution is -0.117. The van der Waals surface area contributed by atoms with Crippen LogP contribution < -0.4 is 9.64 Å². The van der Waals surface area contributed by atoms with Gasteiger partial charge in [-0.2, -0.15) is 0 Å². The highest BCUT2D eigenvalue weighted by atomic mass is 35.5. The predicted molar refractivity (Wildman–Crippen MR) is 184 cm³/mol. The van der Waals surface area contributed by atoms with Crippen LogP contribution in [0.3, 0.4) is 0 Å². The number of halogens is 4. The minimum Gasteiger partial charge on any atom is -0.489 e. The third kappa shape index (κ3) is 6.49. The summed E-state index contributed by atoms with van der Waals surface area (Å²) in [6.45, 7) is 0.427. The van der Waals surface area contributed by atoms with E-state index >= 15 is 8.78 Å². The van der Waals surface area contributed by atoms with E-state index in [1.807, 2.05) is 0 Å². The van der Waals surface area contributed by atoms with Crippen molar-refractivity contribution in [2.24, 2.45) is 0 Å². The Morgan fingerprint density at radius 1 is 0.917 bits per heavy atom. The molecule has 5 aromatic rings. The lowest BCUT2D eigenvalue weighted by Gasteiger charge is -2.25. The molecule has 0 unspecified atom stereocenters. The quantitative estimate of drug-likeness (QED) is 0.175. The SMILES string of the molecule is Cl.O=C(O)c1ccc2c(c1)nc(-c1ccc(OCc3cc(N4CCCC4=O)c(F)cc3-c3ccc(Cl)cc3)cc1F)n2C1CCCCC1. The van der Waals surface area contributed by atoms with Crippen molar-refractivity contribution in [3.63, 3.8) is 0 Å². The molecule has 1 aliphatic heterocycles. The summed E-state index contributed by atoms with van der Waals surface area (Å²) in [5, 5.41) is 10.1. The second kappa shape index (κ2) is 13.9. The van der Waals surface area contributed by atoms with Crippen molar-refractivity contribution in [1.82, 2.24) is 9.55 Å². The van der Waals surface area contributed by atoms with Gasteiger partial charge < -0.3 is 19.3 Å². The van der Waals surface area contributed by atoms with Crippen LogP contribution in [-0.2, 0) is 11.4 Å². The van der Waals surface area contributed by atoms with E-state index in [2.05, 4.69) is 4.57 Å². The maximum Gasteiger partial charge on any atom is 0.335 e. The van der Waals surface area contributed by atoms with Crippen LogP contribution in [0.25, 0.3) is 33.5 Å². The van der Waals surface area contributed by atoms with E-state index in [1.54, 1.807) is 54.6 Å². The van der Waals surface area contributed by atoms with Gasteiger partial charge in [-0.1, -0.05) is 43.0 Å². The van der Waals surface area contributed by atoms with E-state index in [0.717, 1.165) is 43.2 Å². The Labute approximate surface area is 287 Å². The zero-order valence-electron chi connectivity index (χ0n) is 25.9. The number of carbonyl (C=O) groups is 2. The molecule has 48 heavy (non-hydrogen) atoms. The van der Waals surface area contributed by atoms with Gasteiger partial charge in [0, 0.05) is 30.1 Å². The van der Waals surface area contributed by atoms with Crippen LogP contribution in [0.2, 0.25) is 5.02 Å². The first kappa shape index (κ1) is 33.4. The number of ether oxygens (including phenoxy) is 1. The summed E-state index contributed by atoms with van der Waals surface area (Å²) in [6.07, 6.45) is 6.14. The second-order valence-corrected chi connectivity index (χ2v) is 12.6. The minimum absolute atomic E-state index is 0. The van der Waals surface area contributed by atoms with Gasteiger partial charge in [-0.25, -0.2) is 18.6 Å². The van der Waals surface area contributed by atoms with Crippen molar-refractivity contribution in [2.75, 3.05) is 11.4 Å². The fourth-order valence-electron chi connectivity index (χ4n) is 6.79. The molecule has 0 atom stereocenters. The van der Waals surface area contributed by atoms with Crippen LogP contribution in [0.4, 0.5) is 14.5 Å². The summed E-state index contributed by atoms with van der Waals surface area (Å²) < 4.78 is 39.5. The molecule has 11 heteroatoms. The van der Waals surface area contributed by atoms with Gasteiger partial charge in [-0.15, -0.1) is 12.4 Å². The zero-order chi connectivity index (χ0) is 32.7.